The number of nitrogens with one attached hydrogen (secondary N) is 1. The zero-order valence-corrected chi connectivity index (χ0v) is 16.1. The second-order valence-corrected chi connectivity index (χ2v) is 6.56. The molecular formula is C20H15F5N4O3. The number of halogens is 5. The second-order valence-electron chi connectivity index (χ2n) is 6.56. The third kappa shape index (κ3) is 5.14. The van der Waals surface area contributed by atoms with Crippen molar-refractivity contribution in [3.05, 3.63) is 76.3 Å². The summed E-state index contributed by atoms with van der Waals surface area (Å²) < 4.78 is 64.3. The molecule has 7 nitrogen and oxygen atoms in total. The van der Waals surface area contributed by atoms with Crippen LogP contribution in [0.25, 0.3) is 16.9 Å². The molecule has 3 aromatic rings. The number of aliphatic hydroxyl groups is 1. The summed E-state index contributed by atoms with van der Waals surface area (Å²) >= 11 is 0. The van der Waals surface area contributed by atoms with Crippen molar-refractivity contribution in [1.82, 2.24) is 20.1 Å². The molecule has 3 rings (SSSR count). The molecule has 1 aromatic carbocycles. The van der Waals surface area contributed by atoms with Crippen molar-refractivity contribution in [1.29, 1.82) is 0 Å². The van der Waals surface area contributed by atoms with Crippen LogP contribution in [-0.2, 0) is 6.18 Å². The van der Waals surface area contributed by atoms with Crippen LogP contribution < -0.4 is 10.9 Å². The smallest absolute Gasteiger partial charge is 0.385 e. The summed E-state index contributed by atoms with van der Waals surface area (Å²) in [6, 6.07) is 7.84. The first-order chi connectivity index (χ1) is 15.1. The first-order valence-electron chi connectivity index (χ1n) is 9.04. The highest BCUT2D eigenvalue weighted by atomic mass is 19.4. The molecule has 1 unspecified atom stereocenters. The highest BCUT2D eigenvalue weighted by Crippen LogP contribution is 2.30. The summed E-state index contributed by atoms with van der Waals surface area (Å²) in [5.74, 6) is -1.07. The molecule has 0 saturated heterocycles. The van der Waals surface area contributed by atoms with Gasteiger partial charge in [0.25, 0.3) is 17.9 Å². The molecule has 0 saturated carbocycles. The van der Waals surface area contributed by atoms with Crippen LogP contribution >= 0.6 is 0 Å². The lowest BCUT2D eigenvalue weighted by molar-refractivity contribution is -0.137. The van der Waals surface area contributed by atoms with Crippen LogP contribution in [0.4, 0.5) is 22.0 Å². The fourth-order valence-corrected chi connectivity index (χ4v) is 2.66. The van der Waals surface area contributed by atoms with Gasteiger partial charge in [-0.25, -0.2) is 8.78 Å². The third-order valence-electron chi connectivity index (χ3n) is 4.32. The molecule has 0 radical (unpaired) electrons. The van der Waals surface area contributed by atoms with Gasteiger partial charge in [-0.1, -0.05) is 12.1 Å². The number of carbonyl (C=O) groups excluding carboxylic acids is 1. The van der Waals surface area contributed by atoms with E-state index in [1.807, 2.05) is 5.32 Å². The van der Waals surface area contributed by atoms with Crippen molar-refractivity contribution in [2.45, 2.75) is 18.7 Å². The van der Waals surface area contributed by atoms with Gasteiger partial charge in [-0.05, 0) is 30.3 Å². The molecule has 0 fully saturated rings. The molecule has 12 heteroatoms. The number of nitrogens with zero attached hydrogens (tertiary/aromatic N) is 3. The zero-order chi connectivity index (χ0) is 23.5. The van der Waals surface area contributed by atoms with Gasteiger partial charge in [0.15, 0.2) is 0 Å². The van der Waals surface area contributed by atoms with Gasteiger partial charge in [-0.15, -0.1) is 0 Å². The van der Waals surface area contributed by atoms with Crippen LogP contribution in [0, 0.1) is 0 Å². The Bertz CT molecular complexity index is 1150. The quantitative estimate of drug-likeness (QED) is 0.559. The molecule has 2 aromatic heterocycles. The number of hydrogen-bond donors (Lipinski definition) is 2. The average Bonchev–Trinajstić information content (AvgIpc) is 2.77. The minimum Gasteiger partial charge on any atom is -0.385 e. The van der Waals surface area contributed by atoms with Gasteiger partial charge >= 0.3 is 6.18 Å². The largest absolute Gasteiger partial charge is 0.416 e. The van der Waals surface area contributed by atoms with E-state index in [1.165, 1.54) is 24.5 Å². The van der Waals surface area contributed by atoms with E-state index < -0.39 is 47.8 Å². The summed E-state index contributed by atoms with van der Waals surface area (Å²) in [6.07, 6.45) is -7.11. The number of aliphatic hydroxyl groups excluding tert-OH is 1. The van der Waals surface area contributed by atoms with Crippen LogP contribution in [0.2, 0.25) is 0 Å². The Morgan fingerprint density at radius 3 is 2.41 bits per heavy atom. The standard InChI is InChI=1S/C20H15F5N4O3/c21-17(22)16(30)10-27-18(31)14-8-15(11-3-5-12(6-4-11)20(23,24)25)28-29(19(14)32)13-2-1-7-26-9-13/h1-9,16-17,30H,10H2,(H,27,31). The molecule has 1 amide bonds. The van der Waals surface area contributed by atoms with E-state index in [-0.39, 0.29) is 16.9 Å². The first kappa shape index (κ1) is 23.0. The minimum atomic E-state index is -4.56. The predicted molar refractivity (Wildman–Crippen MR) is 102 cm³/mol. The van der Waals surface area contributed by atoms with E-state index in [4.69, 9.17) is 0 Å². The molecule has 0 aliphatic rings. The van der Waals surface area contributed by atoms with E-state index >= 15 is 0 Å². The van der Waals surface area contributed by atoms with Gasteiger partial charge in [-0.2, -0.15) is 23.0 Å². The fraction of sp³-hybridized carbons (Fsp3) is 0.200. The van der Waals surface area contributed by atoms with Crippen molar-refractivity contribution in [3.63, 3.8) is 0 Å². The van der Waals surface area contributed by atoms with Gasteiger partial charge in [0, 0.05) is 18.3 Å². The van der Waals surface area contributed by atoms with E-state index in [0.717, 1.165) is 35.0 Å². The molecule has 32 heavy (non-hydrogen) atoms. The van der Waals surface area contributed by atoms with Crippen molar-refractivity contribution >= 4 is 5.91 Å². The lowest BCUT2D eigenvalue weighted by Gasteiger charge is -2.13. The SMILES string of the molecule is O=C(NCC(O)C(F)F)c1cc(-c2ccc(C(F)(F)F)cc2)nn(-c2cccnc2)c1=O. The molecule has 1 atom stereocenters. The van der Waals surface area contributed by atoms with Gasteiger partial charge < -0.3 is 10.4 Å². The lowest BCUT2D eigenvalue weighted by atomic mass is 10.1. The van der Waals surface area contributed by atoms with E-state index in [0.29, 0.717) is 0 Å². The Balaban J connectivity index is 2.07. The Labute approximate surface area is 177 Å². The Morgan fingerprint density at radius 1 is 1.16 bits per heavy atom. The van der Waals surface area contributed by atoms with E-state index in [1.54, 1.807) is 0 Å². The maximum atomic E-state index is 12.8. The highest BCUT2D eigenvalue weighted by molar-refractivity contribution is 5.94. The van der Waals surface area contributed by atoms with Crippen LogP contribution in [0.3, 0.4) is 0 Å². The van der Waals surface area contributed by atoms with Crippen LogP contribution in [-0.4, -0.2) is 44.9 Å². The van der Waals surface area contributed by atoms with Gasteiger partial charge in [0.2, 0.25) is 0 Å². The minimum absolute atomic E-state index is 0.0262. The summed E-state index contributed by atoms with van der Waals surface area (Å²) in [5, 5.41) is 15.3. The fourth-order valence-electron chi connectivity index (χ4n) is 2.66. The molecule has 0 aliphatic carbocycles. The molecule has 0 spiro atoms. The zero-order valence-electron chi connectivity index (χ0n) is 16.1. The Hall–Kier alpha value is -3.67. The predicted octanol–water partition coefficient (Wildman–Crippen LogP) is 2.67. The Kier molecular flexibility index (Phi) is 6.63. The Morgan fingerprint density at radius 2 is 1.84 bits per heavy atom. The molecule has 2 N–H and O–H groups in total. The molecule has 0 bridgehead atoms. The molecule has 2 heterocycles. The number of benzene rings is 1. The monoisotopic (exact) mass is 454 g/mol. The van der Waals surface area contributed by atoms with Crippen molar-refractivity contribution in [2.75, 3.05) is 6.54 Å². The topological polar surface area (TPSA) is 97.1 Å². The highest BCUT2D eigenvalue weighted by Gasteiger charge is 2.30. The number of carbonyl (C=O) groups is 1. The number of hydrogen-bond acceptors (Lipinski definition) is 5. The number of pyridine rings is 1. The van der Waals surface area contributed by atoms with Crippen molar-refractivity contribution in [2.24, 2.45) is 0 Å². The number of rotatable bonds is 6. The summed E-state index contributed by atoms with van der Waals surface area (Å²) in [5.41, 5.74) is -2.04. The molecule has 0 aliphatic heterocycles. The second kappa shape index (κ2) is 9.22. The van der Waals surface area contributed by atoms with Crippen LogP contribution in [0.5, 0.6) is 0 Å². The van der Waals surface area contributed by atoms with E-state index in [9.17, 15) is 36.6 Å². The maximum Gasteiger partial charge on any atom is 0.416 e. The third-order valence-corrected chi connectivity index (χ3v) is 4.32. The van der Waals surface area contributed by atoms with Crippen LogP contribution in [0.15, 0.2) is 59.7 Å². The first-order valence-corrected chi connectivity index (χ1v) is 9.04. The summed E-state index contributed by atoms with van der Waals surface area (Å²) in [6.45, 7) is -0.819. The van der Waals surface area contributed by atoms with Gasteiger partial charge in [0.05, 0.1) is 23.1 Å². The van der Waals surface area contributed by atoms with Crippen molar-refractivity contribution in [3.8, 4) is 16.9 Å². The molecular weight excluding hydrogens is 439 g/mol. The van der Waals surface area contributed by atoms with Gasteiger partial charge in [0.1, 0.15) is 11.7 Å². The number of amides is 1. The van der Waals surface area contributed by atoms with E-state index in [2.05, 4.69) is 10.1 Å². The summed E-state index contributed by atoms with van der Waals surface area (Å²) in [4.78, 5) is 29.1. The van der Waals surface area contributed by atoms with Crippen molar-refractivity contribution < 1.29 is 31.9 Å². The average molecular weight is 454 g/mol. The lowest BCUT2D eigenvalue weighted by Crippen LogP contribution is -2.39. The van der Waals surface area contributed by atoms with Gasteiger partial charge in [-0.3, -0.25) is 14.6 Å². The molecule has 168 valence electrons. The number of aromatic nitrogens is 3. The normalized spacial score (nSPS) is 12.6. The number of alkyl halides is 5. The summed E-state index contributed by atoms with van der Waals surface area (Å²) in [7, 11) is 0. The van der Waals surface area contributed by atoms with Crippen LogP contribution in [0.1, 0.15) is 15.9 Å². The maximum absolute atomic E-state index is 12.8.